The van der Waals surface area contributed by atoms with Crippen LogP contribution in [0.5, 0.6) is 17.2 Å². The van der Waals surface area contributed by atoms with Crippen LogP contribution in [0.4, 0.5) is 20.7 Å². The van der Waals surface area contributed by atoms with Crippen LogP contribution >= 0.6 is 23.4 Å². The molecule has 0 radical (unpaired) electrons. The van der Waals surface area contributed by atoms with E-state index < -0.39 is 0 Å². The second kappa shape index (κ2) is 16.3. The third kappa shape index (κ3) is 8.95. The van der Waals surface area contributed by atoms with Crippen LogP contribution in [0.15, 0.2) is 60.9 Å². The Balaban J connectivity index is 0.970. The van der Waals surface area contributed by atoms with Gasteiger partial charge in [0.1, 0.15) is 30.3 Å². The smallest absolute Gasteiger partial charge is 0.315 e. The molecule has 1 aromatic heterocycles. The standard InChI is InChI=1S/C35H38ClFN6O5S/c1-46-29-17-26-24(34(40-20-39-26)41-23-10-11-28(25(36)15-23)48-18-21-6-4-7-22(37)14-21)16-30(29)47-13-5-12-38-32(44)9-3-2-8-31-33-27(19-49-31)42-35(45)43-33/h4,6-7,10-11,14-17,20,27,31,33H,2-3,5,8-9,12-13,18-19H2,1H3,(H,38,44)(H,39,40,41)(H2,42,43,45). The molecule has 6 rings (SSSR count). The molecular formula is C35H38ClFN6O5S. The number of thioether (sulfide) groups is 1. The third-order valence-corrected chi connectivity index (χ3v) is 10.2. The number of hydrogen-bond donors (Lipinski definition) is 4. The van der Waals surface area contributed by atoms with Crippen molar-refractivity contribution >= 4 is 57.7 Å². The Hall–Kier alpha value is -4.49. The Labute approximate surface area is 293 Å². The molecule has 2 aliphatic heterocycles. The molecule has 49 heavy (non-hydrogen) atoms. The molecule has 0 saturated carbocycles. The lowest BCUT2D eigenvalue weighted by Gasteiger charge is -2.16. The maximum absolute atomic E-state index is 13.5. The number of nitrogens with zero attached hydrogens (tertiary/aromatic N) is 2. The fourth-order valence-corrected chi connectivity index (χ4v) is 7.68. The summed E-state index contributed by atoms with van der Waals surface area (Å²) in [5.41, 5.74) is 2.04. The van der Waals surface area contributed by atoms with Gasteiger partial charge >= 0.3 is 6.03 Å². The molecule has 2 saturated heterocycles. The van der Waals surface area contributed by atoms with E-state index in [9.17, 15) is 14.0 Å². The van der Waals surface area contributed by atoms with E-state index in [1.807, 2.05) is 23.9 Å². The average Bonchev–Trinajstić information content (AvgIpc) is 3.65. The first-order chi connectivity index (χ1) is 23.9. The molecule has 2 fully saturated rings. The number of nitrogens with one attached hydrogen (secondary N) is 4. The summed E-state index contributed by atoms with van der Waals surface area (Å²) in [5.74, 6) is 2.71. The lowest BCUT2D eigenvalue weighted by molar-refractivity contribution is -0.121. The first kappa shape index (κ1) is 34.4. The molecule has 258 valence electrons. The van der Waals surface area contributed by atoms with Gasteiger partial charge in [-0.15, -0.1) is 0 Å². The summed E-state index contributed by atoms with van der Waals surface area (Å²) in [7, 11) is 1.57. The van der Waals surface area contributed by atoms with Crippen LogP contribution in [0, 0.1) is 5.82 Å². The molecule has 0 bridgehead atoms. The van der Waals surface area contributed by atoms with E-state index in [1.54, 1.807) is 37.4 Å². The summed E-state index contributed by atoms with van der Waals surface area (Å²) in [4.78, 5) is 32.8. The van der Waals surface area contributed by atoms with Crippen molar-refractivity contribution in [1.29, 1.82) is 0 Å². The number of methoxy groups -OCH3 is 1. The molecule has 14 heteroatoms. The number of anilines is 2. The molecule has 3 aromatic carbocycles. The first-order valence-corrected chi connectivity index (χ1v) is 17.6. The summed E-state index contributed by atoms with van der Waals surface area (Å²) in [5, 5.41) is 13.7. The number of amides is 3. The Morgan fingerprint density at radius 1 is 1.04 bits per heavy atom. The number of carbonyl (C=O) groups excluding carboxylic acids is 2. The van der Waals surface area contributed by atoms with Crippen LogP contribution in [0.2, 0.25) is 5.02 Å². The van der Waals surface area contributed by atoms with Gasteiger partial charge in [0.25, 0.3) is 0 Å². The lowest BCUT2D eigenvalue weighted by atomic mass is 10.0. The topological polar surface area (TPSA) is 136 Å². The van der Waals surface area contributed by atoms with Crippen LogP contribution in [0.1, 0.15) is 37.7 Å². The van der Waals surface area contributed by atoms with Crippen LogP contribution in [0.25, 0.3) is 10.9 Å². The molecule has 3 heterocycles. The van der Waals surface area contributed by atoms with E-state index in [0.717, 1.165) is 25.0 Å². The summed E-state index contributed by atoms with van der Waals surface area (Å²) in [6.07, 6.45) is 5.29. The highest BCUT2D eigenvalue weighted by atomic mass is 35.5. The van der Waals surface area contributed by atoms with Crippen LogP contribution < -0.4 is 35.5 Å². The summed E-state index contributed by atoms with van der Waals surface area (Å²) in [6.45, 7) is 1.04. The monoisotopic (exact) mass is 708 g/mol. The predicted octanol–water partition coefficient (Wildman–Crippen LogP) is 6.36. The fraction of sp³-hybridized carbons (Fsp3) is 0.371. The number of unbranched alkanes of at least 4 members (excludes halogenated alkanes) is 1. The van der Waals surface area contributed by atoms with Gasteiger partial charge in [-0.1, -0.05) is 30.2 Å². The number of aromatic nitrogens is 2. The van der Waals surface area contributed by atoms with Gasteiger partial charge in [-0.25, -0.2) is 19.2 Å². The van der Waals surface area contributed by atoms with Gasteiger partial charge in [-0.05, 0) is 61.2 Å². The minimum absolute atomic E-state index is 0.0234. The van der Waals surface area contributed by atoms with E-state index in [4.69, 9.17) is 25.8 Å². The number of benzene rings is 3. The Morgan fingerprint density at radius 2 is 1.94 bits per heavy atom. The van der Waals surface area contributed by atoms with Gasteiger partial charge in [-0.2, -0.15) is 11.8 Å². The second-order valence-electron chi connectivity index (χ2n) is 11.9. The predicted molar refractivity (Wildman–Crippen MR) is 189 cm³/mol. The van der Waals surface area contributed by atoms with E-state index in [0.29, 0.717) is 81.5 Å². The number of ether oxygens (including phenoxy) is 3. The average molecular weight is 709 g/mol. The van der Waals surface area contributed by atoms with Crippen molar-refractivity contribution in [1.82, 2.24) is 25.9 Å². The summed E-state index contributed by atoms with van der Waals surface area (Å²) in [6, 6.07) is 15.5. The molecule has 11 nitrogen and oxygen atoms in total. The Kier molecular flexibility index (Phi) is 11.4. The lowest BCUT2D eigenvalue weighted by Crippen LogP contribution is -2.36. The highest BCUT2D eigenvalue weighted by molar-refractivity contribution is 8.00. The van der Waals surface area contributed by atoms with Gasteiger partial charge in [0, 0.05) is 41.1 Å². The number of urea groups is 1. The zero-order valence-electron chi connectivity index (χ0n) is 27.0. The Bertz CT molecular complexity index is 1800. The fourth-order valence-electron chi connectivity index (χ4n) is 5.90. The molecule has 0 spiro atoms. The molecule has 3 unspecified atom stereocenters. The van der Waals surface area contributed by atoms with Gasteiger partial charge in [-0.3, -0.25) is 4.79 Å². The number of carbonyl (C=O) groups is 2. The van der Waals surface area contributed by atoms with Crippen molar-refractivity contribution in [2.45, 2.75) is 56.0 Å². The van der Waals surface area contributed by atoms with E-state index in [2.05, 4.69) is 31.2 Å². The van der Waals surface area contributed by atoms with Gasteiger partial charge in [0.15, 0.2) is 11.5 Å². The number of halogens is 2. The maximum Gasteiger partial charge on any atom is 0.315 e. The second-order valence-corrected chi connectivity index (χ2v) is 13.5. The minimum Gasteiger partial charge on any atom is -0.493 e. The minimum atomic E-state index is -0.324. The molecule has 3 amide bonds. The number of fused-ring (bicyclic) bond motifs is 2. The van der Waals surface area contributed by atoms with Gasteiger partial charge in [0.2, 0.25) is 5.91 Å². The molecule has 3 atom stereocenters. The van der Waals surface area contributed by atoms with Crippen molar-refractivity contribution in [3.05, 3.63) is 77.3 Å². The van der Waals surface area contributed by atoms with Crippen LogP contribution in [-0.4, -0.2) is 65.3 Å². The number of rotatable bonds is 16. The van der Waals surface area contributed by atoms with E-state index in [1.165, 1.54) is 18.5 Å². The summed E-state index contributed by atoms with van der Waals surface area (Å²) < 4.78 is 30.9. The molecular weight excluding hydrogens is 671 g/mol. The summed E-state index contributed by atoms with van der Waals surface area (Å²) >= 11 is 8.40. The van der Waals surface area contributed by atoms with Crippen molar-refractivity contribution in [3.8, 4) is 17.2 Å². The molecule has 2 aliphatic rings. The maximum atomic E-state index is 13.5. The van der Waals surface area contributed by atoms with Crippen molar-refractivity contribution in [2.75, 3.05) is 31.3 Å². The van der Waals surface area contributed by atoms with E-state index >= 15 is 0 Å². The zero-order valence-corrected chi connectivity index (χ0v) is 28.5. The normalized spacial score (nSPS) is 18.0. The molecule has 0 aliphatic carbocycles. The SMILES string of the molecule is COc1cc2ncnc(Nc3ccc(OCc4cccc(F)c4)c(Cl)c3)c2cc1OCCCNC(=O)CCCCC1SCC2NC(=O)NC21. The quantitative estimate of drug-likeness (QED) is 0.0774. The van der Waals surface area contributed by atoms with Crippen molar-refractivity contribution in [3.63, 3.8) is 0 Å². The highest BCUT2D eigenvalue weighted by Crippen LogP contribution is 2.36. The Morgan fingerprint density at radius 3 is 2.78 bits per heavy atom. The van der Waals surface area contributed by atoms with Crippen molar-refractivity contribution < 1.29 is 28.2 Å². The molecule has 4 N–H and O–H groups in total. The van der Waals surface area contributed by atoms with Gasteiger partial charge in [0.05, 0.1) is 36.3 Å². The largest absolute Gasteiger partial charge is 0.493 e. The van der Waals surface area contributed by atoms with Crippen LogP contribution in [0.3, 0.4) is 0 Å². The van der Waals surface area contributed by atoms with E-state index in [-0.39, 0.29) is 36.4 Å². The van der Waals surface area contributed by atoms with Gasteiger partial charge < -0.3 is 35.5 Å². The first-order valence-electron chi connectivity index (χ1n) is 16.2. The highest BCUT2D eigenvalue weighted by Gasteiger charge is 2.42. The van der Waals surface area contributed by atoms with Crippen LogP contribution in [-0.2, 0) is 11.4 Å². The number of hydrogen-bond acceptors (Lipinski definition) is 9. The zero-order chi connectivity index (χ0) is 34.2. The molecule has 4 aromatic rings. The van der Waals surface area contributed by atoms with Crippen molar-refractivity contribution in [2.24, 2.45) is 0 Å². The third-order valence-electron chi connectivity index (χ3n) is 8.38.